The van der Waals surface area contributed by atoms with Crippen LogP contribution in [0.1, 0.15) is 43.1 Å². The molecule has 1 aromatic rings. The molecule has 1 aromatic heterocycles. The van der Waals surface area contributed by atoms with Crippen LogP contribution in [0.25, 0.3) is 0 Å². The normalized spacial score (nSPS) is 21.6. The van der Waals surface area contributed by atoms with Crippen LogP contribution in [0.4, 0.5) is 6.01 Å². The maximum Gasteiger partial charge on any atom is 0.360 e. The maximum absolute atomic E-state index is 11.5. The maximum atomic E-state index is 11.5. The Hall–Kier alpha value is -2.05. The number of nitrogens with one attached hydrogen (secondary N) is 1. The molecule has 1 aliphatic rings. The molecule has 0 amide bonds. The minimum Gasteiger partial charge on any atom is -0.469 e. The lowest BCUT2D eigenvalue weighted by molar-refractivity contribution is -0.146. The monoisotopic (exact) mass is 296 g/mol. The van der Waals surface area contributed by atoms with E-state index in [-0.39, 0.29) is 23.6 Å². The lowest BCUT2D eigenvalue weighted by Gasteiger charge is -2.26. The molecule has 1 saturated carbocycles. The van der Waals surface area contributed by atoms with Gasteiger partial charge in [0.15, 0.2) is 5.69 Å². The Morgan fingerprint density at radius 2 is 2.10 bits per heavy atom. The van der Waals surface area contributed by atoms with Gasteiger partial charge >= 0.3 is 11.9 Å². The summed E-state index contributed by atoms with van der Waals surface area (Å²) in [7, 11) is 1.41. The lowest BCUT2D eigenvalue weighted by Crippen LogP contribution is -2.30. The molecule has 0 radical (unpaired) electrons. The van der Waals surface area contributed by atoms with Crippen molar-refractivity contribution in [2.45, 2.75) is 38.6 Å². The van der Waals surface area contributed by atoms with Crippen molar-refractivity contribution in [1.29, 1.82) is 0 Å². The van der Waals surface area contributed by atoms with Gasteiger partial charge in [-0.05, 0) is 32.6 Å². The highest BCUT2D eigenvalue weighted by atomic mass is 16.5. The van der Waals surface area contributed by atoms with Gasteiger partial charge in [-0.25, -0.2) is 4.79 Å². The van der Waals surface area contributed by atoms with Crippen LogP contribution in [-0.4, -0.2) is 36.7 Å². The second kappa shape index (κ2) is 7.10. The number of hydrogen-bond acceptors (Lipinski definition) is 7. The van der Waals surface area contributed by atoms with Crippen LogP contribution in [0.5, 0.6) is 0 Å². The minimum absolute atomic E-state index is 0.0206. The molecule has 0 aliphatic heterocycles. The summed E-state index contributed by atoms with van der Waals surface area (Å²) in [6, 6.07) is 0.485. The molecule has 7 heteroatoms. The molecular formula is C14H20N2O5. The Kier molecular flexibility index (Phi) is 5.19. The highest BCUT2D eigenvalue weighted by Crippen LogP contribution is 2.27. The molecule has 0 aromatic carbocycles. The molecule has 116 valence electrons. The predicted octanol–water partition coefficient (Wildman–Crippen LogP) is 1.99. The standard InChI is InChI=1S/C14H20N2O5/c1-3-20-13(18)11-8-21-14(16-11)15-10-6-4-9(5-7-10)12(17)19-2/h8-10H,3-7H2,1-2H3,(H,15,16). The average Bonchev–Trinajstić information content (AvgIpc) is 2.96. The van der Waals surface area contributed by atoms with Gasteiger partial charge in [0.1, 0.15) is 6.26 Å². The van der Waals surface area contributed by atoms with Crippen LogP contribution in [-0.2, 0) is 14.3 Å². The molecule has 1 aliphatic carbocycles. The molecule has 0 spiro atoms. The van der Waals surface area contributed by atoms with Crippen molar-refractivity contribution >= 4 is 18.0 Å². The van der Waals surface area contributed by atoms with Gasteiger partial charge in [0, 0.05) is 6.04 Å². The number of nitrogens with zero attached hydrogens (tertiary/aromatic N) is 1. The van der Waals surface area contributed by atoms with Crippen molar-refractivity contribution in [3.8, 4) is 0 Å². The topological polar surface area (TPSA) is 90.7 Å². The fourth-order valence-corrected chi connectivity index (χ4v) is 2.45. The van der Waals surface area contributed by atoms with Gasteiger partial charge in [0.05, 0.1) is 19.6 Å². The van der Waals surface area contributed by atoms with Crippen molar-refractivity contribution in [1.82, 2.24) is 4.98 Å². The first-order valence-electron chi connectivity index (χ1n) is 7.11. The largest absolute Gasteiger partial charge is 0.469 e. The molecule has 7 nitrogen and oxygen atoms in total. The van der Waals surface area contributed by atoms with Crippen LogP contribution >= 0.6 is 0 Å². The van der Waals surface area contributed by atoms with Crippen LogP contribution in [0, 0.1) is 5.92 Å². The first kappa shape index (κ1) is 15.3. The van der Waals surface area contributed by atoms with E-state index < -0.39 is 5.97 Å². The highest BCUT2D eigenvalue weighted by molar-refractivity contribution is 5.87. The van der Waals surface area contributed by atoms with Crippen molar-refractivity contribution in [3.05, 3.63) is 12.0 Å². The Bertz CT molecular complexity index is 491. The summed E-state index contributed by atoms with van der Waals surface area (Å²) in [6.07, 6.45) is 4.49. The molecular weight excluding hydrogens is 276 g/mol. The summed E-state index contributed by atoms with van der Waals surface area (Å²) in [5.74, 6) is -0.662. The van der Waals surface area contributed by atoms with E-state index >= 15 is 0 Å². The molecule has 1 heterocycles. The number of hydrogen-bond donors (Lipinski definition) is 1. The second-order valence-corrected chi connectivity index (χ2v) is 4.97. The number of ether oxygens (including phenoxy) is 2. The summed E-state index contributed by atoms with van der Waals surface area (Å²) < 4.78 is 14.8. The first-order valence-corrected chi connectivity index (χ1v) is 7.11. The number of esters is 2. The van der Waals surface area contributed by atoms with E-state index in [9.17, 15) is 9.59 Å². The van der Waals surface area contributed by atoms with Gasteiger partial charge < -0.3 is 19.2 Å². The molecule has 0 atom stereocenters. The third kappa shape index (κ3) is 3.96. The average molecular weight is 296 g/mol. The zero-order chi connectivity index (χ0) is 15.2. The van der Waals surface area contributed by atoms with E-state index in [1.54, 1.807) is 6.92 Å². The fraction of sp³-hybridized carbons (Fsp3) is 0.643. The summed E-state index contributed by atoms with van der Waals surface area (Å²) in [6.45, 7) is 2.03. The van der Waals surface area contributed by atoms with Crippen LogP contribution in [0.15, 0.2) is 10.7 Å². The SMILES string of the molecule is CCOC(=O)c1coc(NC2CCC(C(=O)OC)CC2)n1. The van der Waals surface area contributed by atoms with E-state index in [1.165, 1.54) is 13.4 Å². The fourth-order valence-electron chi connectivity index (χ4n) is 2.45. The summed E-state index contributed by atoms with van der Waals surface area (Å²) in [5.41, 5.74) is 0.155. The predicted molar refractivity (Wildman–Crippen MR) is 73.8 cm³/mol. The summed E-state index contributed by atoms with van der Waals surface area (Å²) in [5, 5.41) is 3.14. The number of carbonyl (C=O) groups excluding carboxylic acids is 2. The lowest BCUT2D eigenvalue weighted by atomic mass is 9.86. The second-order valence-electron chi connectivity index (χ2n) is 4.97. The quantitative estimate of drug-likeness (QED) is 0.831. The number of rotatable bonds is 5. The van der Waals surface area contributed by atoms with Gasteiger partial charge in [-0.1, -0.05) is 0 Å². The van der Waals surface area contributed by atoms with Gasteiger partial charge in [-0.2, -0.15) is 4.98 Å². The van der Waals surface area contributed by atoms with Gasteiger partial charge in [0.2, 0.25) is 0 Å². The van der Waals surface area contributed by atoms with E-state index in [4.69, 9.17) is 13.9 Å². The molecule has 0 saturated heterocycles. The zero-order valence-corrected chi connectivity index (χ0v) is 12.3. The van der Waals surface area contributed by atoms with Crippen LogP contribution in [0.3, 0.4) is 0 Å². The molecule has 21 heavy (non-hydrogen) atoms. The summed E-state index contributed by atoms with van der Waals surface area (Å²) >= 11 is 0. The van der Waals surface area contributed by atoms with E-state index in [0.717, 1.165) is 25.7 Å². The third-order valence-corrected chi connectivity index (χ3v) is 3.58. The molecule has 1 N–H and O–H groups in total. The van der Waals surface area contributed by atoms with Crippen LogP contribution < -0.4 is 5.32 Å². The Balaban J connectivity index is 1.84. The summed E-state index contributed by atoms with van der Waals surface area (Å²) in [4.78, 5) is 27.0. The minimum atomic E-state index is -0.497. The Labute approximate surface area is 123 Å². The molecule has 2 rings (SSSR count). The van der Waals surface area contributed by atoms with Gasteiger partial charge in [0.25, 0.3) is 6.01 Å². The van der Waals surface area contributed by atoms with E-state index in [1.807, 2.05) is 0 Å². The Morgan fingerprint density at radius 1 is 1.38 bits per heavy atom. The highest BCUT2D eigenvalue weighted by Gasteiger charge is 2.27. The first-order chi connectivity index (χ1) is 10.1. The van der Waals surface area contributed by atoms with Crippen LogP contribution in [0.2, 0.25) is 0 Å². The number of oxazole rings is 1. The zero-order valence-electron chi connectivity index (χ0n) is 12.3. The number of aromatic nitrogens is 1. The van der Waals surface area contributed by atoms with Crippen molar-refractivity contribution in [2.75, 3.05) is 19.0 Å². The molecule has 1 fully saturated rings. The number of carbonyl (C=O) groups is 2. The smallest absolute Gasteiger partial charge is 0.360 e. The van der Waals surface area contributed by atoms with E-state index in [2.05, 4.69) is 10.3 Å². The van der Waals surface area contributed by atoms with Crippen molar-refractivity contribution < 1.29 is 23.5 Å². The number of methoxy groups -OCH3 is 1. The van der Waals surface area contributed by atoms with Crippen molar-refractivity contribution in [2.24, 2.45) is 5.92 Å². The third-order valence-electron chi connectivity index (χ3n) is 3.58. The van der Waals surface area contributed by atoms with Gasteiger partial charge in [-0.15, -0.1) is 0 Å². The Morgan fingerprint density at radius 3 is 2.71 bits per heavy atom. The van der Waals surface area contributed by atoms with Gasteiger partial charge in [-0.3, -0.25) is 4.79 Å². The van der Waals surface area contributed by atoms with E-state index in [0.29, 0.717) is 12.6 Å². The molecule has 0 unspecified atom stereocenters. The van der Waals surface area contributed by atoms with Crippen molar-refractivity contribution in [3.63, 3.8) is 0 Å². The number of anilines is 1. The molecule has 0 bridgehead atoms.